The van der Waals surface area contributed by atoms with Gasteiger partial charge in [-0.15, -0.1) is 11.3 Å². The number of halogens is 1. The Kier molecular flexibility index (Phi) is 2.53. The summed E-state index contributed by atoms with van der Waals surface area (Å²) in [6.07, 6.45) is 3.34. The standard InChI is InChI=1S/C11H6BrN3OS/c12-7-5-17-9-8(7)14-10(15-11(9)16)6-1-3-13-4-2-6/h1-5H,(H,14,15,16). The maximum Gasteiger partial charge on any atom is 0.269 e. The molecule has 3 rings (SSSR count). The van der Waals surface area contributed by atoms with E-state index < -0.39 is 0 Å². The predicted octanol–water partition coefficient (Wildman–Crippen LogP) is 2.81. The maximum absolute atomic E-state index is 11.9. The first kappa shape index (κ1) is 10.6. The van der Waals surface area contributed by atoms with E-state index in [1.165, 1.54) is 11.3 Å². The third-order valence-electron chi connectivity index (χ3n) is 2.34. The van der Waals surface area contributed by atoms with E-state index in [1.807, 2.05) is 17.5 Å². The quantitative estimate of drug-likeness (QED) is 0.752. The number of hydrogen-bond acceptors (Lipinski definition) is 4. The Labute approximate surface area is 108 Å². The average Bonchev–Trinajstić information content (AvgIpc) is 2.73. The zero-order chi connectivity index (χ0) is 11.8. The zero-order valence-electron chi connectivity index (χ0n) is 8.48. The summed E-state index contributed by atoms with van der Waals surface area (Å²) < 4.78 is 1.48. The minimum Gasteiger partial charge on any atom is -0.305 e. The Morgan fingerprint density at radius 2 is 2.06 bits per heavy atom. The second-order valence-corrected chi connectivity index (χ2v) is 5.15. The number of aromatic amines is 1. The number of thiophene rings is 1. The minimum absolute atomic E-state index is 0.113. The summed E-state index contributed by atoms with van der Waals surface area (Å²) in [6.45, 7) is 0. The van der Waals surface area contributed by atoms with Gasteiger partial charge in [-0.05, 0) is 28.1 Å². The Hall–Kier alpha value is -1.53. The highest BCUT2D eigenvalue weighted by molar-refractivity contribution is 9.10. The van der Waals surface area contributed by atoms with Crippen molar-refractivity contribution in [3.8, 4) is 11.4 Å². The normalized spacial score (nSPS) is 10.9. The monoisotopic (exact) mass is 307 g/mol. The van der Waals surface area contributed by atoms with Crippen molar-refractivity contribution < 1.29 is 0 Å². The first-order valence-electron chi connectivity index (χ1n) is 4.83. The molecule has 0 amide bonds. The highest BCUT2D eigenvalue weighted by Gasteiger charge is 2.09. The van der Waals surface area contributed by atoms with Crippen molar-refractivity contribution >= 4 is 37.5 Å². The van der Waals surface area contributed by atoms with Crippen LogP contribution in [0, 0.1) is 0 Å². The van der Waals surface area contributed by atoms with Crippen LogP contribution in [-0.4, -0.2) is 15.0 Å². The number of pyridine rings is 1. The predicted molar refractivity (Wildman–Crippen MR) is 71.2 cm³/mol. The van der Waals surface area contributed by atoms with Crippen LogP contribution in [0.5, 0.6) is 0 Å². The third-order valence-corrected chi connectivity index (χ3v) is 4.21. The van der Waals surface area contributed by atoms with Crippen molar-refractivity contribution in [3.05, 3.63) is 44.7 Å². The summed E-state index contributed by atoms with van der Waals surface area (Å²) in [6, 6.07) is 3.62. The van der Waals surface area contributed by atoms with Crippen molar-refractivity contribution in [2.45, 2.75) is 0 Å². The molecule has 1 N–H and O–H groups in total. The molecule has 84 valence electrons. The molecule has 6 heteroatoms. The van der Waals surface area contributed by atoms with E-state index in [4.69, 9.17) is 0 Å². The fourth-order valence-corrected chi connectivity index (χ4v) is 3.00. The second-order valence-electron chi connectivity index (χ2n) is 3.41. The molecule has 4 nitrogen and oxygen atoms in total. The molecule has 0 saturated carbocycles. The lowest BCUT2D eigenvalue weighted by atomic mass is 10.2. The van der Waals surface area contributed by atoms with Gasteiger partial charge in [0.15, 0.2) is 0 Å². The van der Waals surface area contributed by atoms with Gasteiger partial charge in [-0.2, -0.15) is 0 Å². The summed E-state index contributed by atoms with van der Waals surface area (Å²) in [7, 11) is 0. The average molecular weight is 308 g/mol. The smallest absolute Gasteiger partial charge is 0.269 e. The summed E-state index contributed by atoms with van der Waals surface area (Å²) in [5.41, 5.74) is 1.43. The van der Waals surface area contributed by atoms with Gasteiger partial charge in [-0.1, -0.05) is 0 Å². The van der Waals surface area contributed by atoms with E-state index in [-0.39, 0.29) is 5.56 Å². The summed E-state index contributed by atoms with van der Waals surface area (Å²) in [5, 5.41) is 1.86. The molecule has 0 spiro atoms. The fourth-order valence-electron chi connectivity index (χ4n) is 1.55. The van der Waals surface area contributed by atoms with Crippen LogP contribution in [0.2, 0.25) is 0 Å². The van der Waals surface area contributed by atoms with Gasteiger partial charge < -0.3 is 4.98 Å². The largest absolute Gasteiger partial charge is 0.305 e. The molecule has 0 aliphatic carbocycles. The van der Waals surface area contributed by atoms with Crippen LogP contribution in [-0.2, 0) is 0 Å². The molecule has 17 heavy (non-hydrogen) atoms. The van der Waals surface area contributed by atoms with Crippen LogP contribution in [0.1, 0.15) is 0 Å². The van der Waals surface area contributed by atoms with Crippen molar-refractivity contribution in [1.29, 1.82) is 0 Å². The molecule has 0 radical (unpaired) electrons. The second kappa shape index (κ2) is 4.05. The molecule has 3 aromatic heterocycles. The summed E-state index contributed by atoms with van der Waals surface area (Å²) >= 11 is 4.77. The number of fused-ring (bicyclic) bond motifs is 1. The molecule has 0 aliphatic rings. The van der Waals surface area contributed by atoms with Crippen LogP contribution < -0.4 is 5.56 Å². The molecule has 0 fully saturated rings. The first-order valence-corrected chi connectivity index (χ1v) is 6.50. The van der Waals surface area contributed by atoms with E-state index in [9.17, 15) is 4.79 Å². The fraction of sp³-hybridized carbons (Fsp3) is 0. The Bertz CT molecular complexity index is 735. The van der Waals surface area contributed by atoms with Crippen LogP contribution in [0.4, 0.5) is 0 Å². The highest BCUT2D eigenvalue weighted by atomic mass is 79.9. The number of H-pyrrole nitrogens is 1. The summed E-state index contributed by atoms with van der Waals surface area (Å²) in [5.74, 6) is 0.559. The number of aromatic nitrogens is 3. The summed E-state index contributed by atoms with van der Waals surface area (Å²) in [4.78, 5) is 23.0. The molecule has 0 unspecified atom stereocenters. The van der Waals surface area contributed by atoms with Crippen LogP contribution in [0.25, 0.3) is 21.6 Å². The Morgan fingerprint density at radius 1 is 1.29 bits per heavy atom. The van der Waals surface area contributed by atoms with Crippen molar-refractivity contribution in [2.24, 2.45) is 0 Å². The molecular weight excluding hydrogens is 302 g/mol. The van der Waals surface area contributed by atoms with Crippen LogP contribution >= 0.6 is 27.3 Å². The van der Waals surface area contributed by atoms with E-state index in [0.717, 1.165) is 10.0 Å². The topological polar surface area (TPSA) is 58.6 Å². The lowest BCUT2D eigenvalue weighted by Crippen LogP contribution is -2.07. The van der Waals surface area contributed by atoms with Gasteiger partial charge in [0.05, 0.1) is 4.47 Å². The number of nitrogens with one attached hydrogen (secondary N) is 1. The van der Waals surface area contributed by atoms with Gasteiger partial charge >= 0.3 is 0 Å². The van der Waals surface area contributed by atoms with Crippen molar-refractivity contribution in [1.82, 2.24) is 15.0 Å². The number of nitrogens with zero attached hydrogens (tertiary/aromatic N) is 2. The van der Waals surface area contributed by atoms with Gasteiger partial charge in [0.1, 0.15) is 16.0 Å². The molecule has 0 atom stereocenters. The third kappa shape index (κ3) is 1.79. The first-order chi connectivity index (χ1) is 8.25. The Balaban J connectivity index is 2.32. The van der Waals surface area contributed by atoms with Gasteiger partial charge in [-0.25, -0.2) is 4.98 Å². The minimum atomic E-state index is -0.113. The van der Waals surface area contributed by atoms with E-state index in [0.29, 0.717) is 16.0 Å². The van der Waals surface area contributed by atoms with E-state index in [2.05, 4.69) is 30.9 Å². The SMILES string of the molecule is O=c1[nH]c(-c2ccncc2)nc2c(Br)csc12. The number of rotatable bonds is 1. The zero-order valence-corrected chi connectivity index (χ0v) is 10.9. The molecule has 0 bridgehead atoms. The van der Waals surface area contributed by atoms with Crippen molar-refractivity contribution in [2.75, 3.05) is 0 Å². The van der Waals surface area contributed by atoms with Gasteiger partial charge in [-0.3, -0.25) is 9.78 Å². The lowest BCUT2D eigenvalue weighted by molar-refractivity contribution is 1.18. The molecule has 0 aromatic carbocycles. The van der Waals surface area contributed by atoms with Gasteiger partial charge in [0.2, 0.25) is 0 Å². The molecule has 0 aliphatic heterocycles. The molecule has 3 heterocycles. The lowest BCUT2D eigenvalue weighted by Gasteiger charge is -2.00. The van der Waals surface area contributed by atoms with Crippen LogP contribution in [0.15, 0.2) is 39.2 Å². The van der Waals surface area contributed by atoms with E-state index >= 15 is 0 Å². The molecule has 0 saturated heterocycles. The van der Waals surface area contributed by atoms with Crippen LogP contribution in [0.3, 0.4) is 0 Å². The highest BCUT2D eigenvalue weighted by Crippen LogP contribution is 2.27. The number of hydrogen-bond donors (Lipinski definition) is 1. The maximum atomic E-state index is 11.9. The van der Waals surface area contributed by atoms with Crippen molar-refractivity contribution in [3.63, 3.8) is 0 Å². The molecule has 3 aromatic rings. The Morgan fingerprint density at radius 3 is 2.82 bits per heavy atom. The molecular formula is C11H6BrN3OS. The van der Waals surface area contributed by atoms with Gasteiger partial charge in [0.25, 0.3) is 5.56 Å². The van der Waals surface area contributed by atoms with E-state index in [1.54, 1.807) is 12.4 Å². The van der Waals surface area contributed by atoms with Gasteiger partial charge in [0, 0.05) is 23.3 Å².